The van der Waals surface area contributed by atoms with Crippen molar-refractivity contribution in [3.8, 4) is 5.88 Å². The van der Waals surface area contributed by atoms with E-state index in [1.807, 2.05) is 0 Å². The number of hydrogen-bond acceptors (Lipinski definition) is 7. The fourth-order valence-electron chi connectivity index (χ4n) is 3.27. The molecule has 1 N–H and O–H groups in total. The molecule has 1 fully saturated rings. The van der Waals surface area contributed by atoms with Crippen molar-refractivity contribution in [1.82, 2.24) is 15.0 Å². The predicted octanol–water partition coefficient (Wildman–Crippen LogP) is 1.35. The van der Waals surface area contributed by atoms with Crippen LogP contribution in [0.5, 0.6) is 5.88 Å². The maximum absolute atomic E-state index is 14.6. The van der Waals surface area contributed by atoms with Crippen molar-refractivity contribution in [2.24, 2.45) is 0 Å². The van der Waals surface area contributed by atoms with Gasteiger partial charge >= 0.3 is 6.09 Å². The maximum atomic E-state index is 14.6. The molecule has 1 aromatic carbocycles. The number of aromatic nitrogens is 3. The lowest BCUT2D eigenvalue weighted by Gasteiger charge is -2.17. The first-order chi connectivity index (χ1) is 13.3. The number of halogens is 1. The van der Waals surface area contributed by atoms with Gasteiger partial charge in [-0.15, -0.1) is 0 Å². The van der Waals surface area contributed by atoms with Gasteiger partial charge in [0.1, 0.15) is 11.9 Å². The van der Waals surface area contributed by atoms with E-state index >= 15 is 0 Å². The van der Waals surface area contributed by atoms with Crippen LogP contribution in [0, 0.1) is 5.82 Å². The van der Waals surface area contributed by atoms with Crippen LogP contribution < -0.4 is 4.90 Å². The van der Waals surface area contributed by atoms with Crippen molar-refractivity contribution in [3.63, 3.8) is 0 Å². The lowest BCUT2D eigenvalue weighted by Crippen LogP contribution is -2.26. The molecule has 2 aliphatic heterocycles. The van der Waals surface area contributed by atoms with E-state index in [-0.39, 0.29) is 36.9 Å². The van der Waals surface area contributed by atoms with Crippen LogP contribution in [0.25, 0.3) is 5.57 Å². The summed E-state index contributed by atoms with van der Waals surface area (Å²) in [5.74, 6) is -0.858. The molecule has 4 rings (SSSR count). The van der Waals surface area contributed by atoms with Crippen molar-refractivity contribution in [1.29, 1.82) is 0 Å². The number of amides is 1. The van der Waals surface area contributed by atoms with Crippen LogP contribution in [-0.4, -0.2) is 58.8 Å². The number of nitrogens with zero attached hydrogens (tertiary/aromatic N) is 4. The largest absolute Gasteiger partial charge is 0.491 e. The van der Waals surface area contributed by atoms with E-state index < -0.39 is 27.9 Å². The molecule has 0 aliphatic carbocycles. The second-order valence-corrected chi connectivity index (χ2v) is 8.90. The summed E-state index contributed by atoms with van der Waals surface area (Å²) in [6.45, 7) is 0.400. The van der Waals surface area contributed by atoms with Crippen LogP contribution in [0.3, 0.4) is 0 Å². The topological polar surface area (TPSA) is 115 Å². The molecule has 0 saturated carbocycles. The Kier molecular flexibility index (Phi) is 4.53. The van der Waals surface area contributed by atoms with E-state index in [9.17, 15) is 22.7 Å². The minimum Gasteiger partial charge on any atom is -0.491 e. The number of cyclic esters (lactones) is 1. The summed E-state index contributed by atoms with van der Waals surface area (Å²) in [5.41, 5.74) is 1.33. The van der Waals surface area contributed by atoms with Crippen LogP contribution in [0.4, 0.5) is 14.9 Å². The molecule has 1 saturated heterocycles. The van der Waals surface area contributed by atoms with Crippen molar-refractivity contribution < 1.29 is 27.4 Å². The Labute approximate surface area is 159 Å². The van der Waals surface area contributed by atoms with Crippen LogP contribution in [-0.2, 0) is 21.1 Å². The quantitative estimate of drug-likeness (QED) is 0.812. The van der Waals surface area contributed by atoms with Crippen LogP contribution in [0.15, 0.2) is 30.5 Å². The molecular formula is C17H17FN4O5S. The van der Waals surface area contributed by atoms with Gasteiger partial charge in [0.2, 0.25) is 0 Å². The second-order valence-electron chi connectivity index (χ2n) is 6.67. The summed E-state index contributed by atoms with van der Waals surface area (Å²) in [6, 6.07) is 4.39. The summed E-state index contributed by atoms with van der Waals surface area (Å²) < 4.78 is 44.3. The van der Waals surface area contributed by atoms with Gasteiger partial charge in [-0.25, -0.2) is 22.3 Å². The SMILES string of the molecule is O=C1O[C@@H](Cn2cc(O)nn2)CN1c1ccc(C2=CCS(=O)(=O)CC2)c(F)c1. The predicted molar refractivity (Wildman–Crippen MR) is 96.9 cm³/mol. The van der Waals surface area contributed by atoms with E-state index in [1.54, 1.807) is 12.1 Å². The zero-order chi connectivity index (χ0) is 19.9. The third-order valence-corrected chi connectivity index (χ3v) is 6.17. The Morgan fingerprint density at radius 3 is 2.82 bits per heavy atom. The summed E-state index contributed by atoms with van der Waals surface area (Å²) >= 11 is 0. The summed E-state index contributed by atoms with van der Waals surface area (Å²) in [7, 11) is -3.09. The summed E-state index contributed by atoms with van der Waals surface area (Å²) in [5, 5.41) is 16.3. The average molecular weight is 408 g/mol. The highest BCUT2D eigenvalue weighted by Gasteiger charge is 2.33. The molecule has 9 nitrogen and oxygen atoms in total. The molecule has 28 heavy (non-hydrogen) atoms. The number of ether oxygens (including phenoxy) is 1. The summed E-state index contributed by atoms with van der Waals surface area (Å²) in [6.07, 6.45) is 1.97. The van der Waals surface area contributed by atoms with Gasteiger partial charge < -0.3 is 9.84 Å². The molecule has 148 valence electrons. The van der Waals surface area contributed by atoms with Gasteiger partial charge in [-0.2, -0.15) is 0 Å². The number of carbonyl (C=O) groups is 1. The molecule has 0 bridgehead atoms. The average Bonchev–Trinajstić information content (AvgIpc) is 3.21. The van der Waals surface area contributed by atoms with Gasteiger partial charge in [0, 0.05) is 5.56 Å². The third-order valence-electron chi connectivity index (χ3n) is 4.67. The third kappa shape index (κ3) is 3.70. The highest BCUT2D eigenvalue weighted by atomic mass is 32.2. The Morgan fingerprint density at radius 1 is 1.36 bits per heavy atom. The fraction of sp³-hybridized carbons (Fsp3) is 0.353. The summed E-state index contributed by atoms with van der Waals surface area (Å²) in [4.78, 5) is 13.5. The van der Waals surface area contributed by atoms with E-state index in [2.05, 4.69) is 10.3 Å². The minimum absolute atomic E-state index is 0.00199. The standard InChI is InChI=1S/C17H17FN4O5S/c18-15-7-12(1-2-14(15)11-3-5-28(25,26)6-4-11)22-9-13(27-17(22)24)8-21-10-16(23)19-20-21/h1-3,7,10,13,23H,4-6,8-9H2/t13-/m0/s1. The molecule has 2 aromatic rings. The van der Waals surface area contributed by atoms with E-state index in [0.717, 1.165) is 0 Å². The smallest absolute Gasteiger partial charge is 0.414 e. The number of aromatic hydroxyl groups is 1. The van der Waals surface area contributed by atoms with Crippen LogP contribution in [0.2, 0.25) is 0 Å². The molecule has 11 heteroatoms. The molecule has 0 unspecified atom stereocenters. The fourth-order valence-corrected chi connectivity index (χ4v) is 4.42. The highest BCUT2D eigenvalue weighted by molar-refractivity contribution is 7.91. The highest BCUT2D eigenvalue weighted by Crippen LogP contribution is 2.30. The molecule has 0 spiro atoms. The molecule has 3 heterocycles. The number of allylic oxidation sites excluding steroid dienone is 1. The first-order valence-electron chi connectivity index (χ1n) is 8.57. The zero-order valence-corrected chi connectivity index (χ0v) is 15.5. The van der Waals surface area contributed by atoms with E-state index in [4.69, 9.17) is 4.74 Å². The van der Waals surface area contributed by atoms with Crippen molar-refractivity contribution in [2.75, 3.05) is 23.0 Å². The lowest BCUT2D eigenvalue weighted by atomic mass is 10.0. The number of rotatable bonds is 4. The Morgan fingerprint density at radius 2 is 2.18 bits per heavy atom. The van der Waals surface area contributed by atoms with Gasteiger partial charge in [-0.1, -0.05) is 16.4 Å². The van der Waals surface area contributed by atoms with E-state index in [1.165, 1.54) is 27.9 Å². The zero-order valence-electron chi connectivity index (χ0n) is 14.7. The Bertz CT molecular complexity index is 1070. The lowest BCUT2D eigenvalue weighted by molar-refractivity contribution is 0.129. The van der Waals surface area contributed by atoms with Gasteiger partial charge in [-0.3, -0.25) is 4.90 Å². The number of benzene rings is 1. The Balaban J connectivity index is 1.49. The van der Waals surface area contributed by atoms with Gasteiger partial charge in [0.15, 0.2) is 9.84 Å². The van der Waals surface area contributed by atoms with E-state index in [0.29, 0.717) is 16.8 Å². The van der Waals surface area contributed by atoms with Crippen molar-refractivity contribution >= 4 is 27.2 Å². The van der Waals surface area contributed by atoms with Crippen LogP contribution in [0.1, 0.15) is 12.0 Å². The number of carbonyl (C=O) groups excluding carboxylic acids is 1. The normalized spacial score (nSPS) is 21.5. The monoisotopic (exact) mass is 408 g/mol. The molecule has 0 radical (unpaired) electrons. The number of hydrogen-bond donors (Lipinski definition) is 1. The molecular weight excluding hydrogens is 391 g/mol. The first kappa shape index (κ1) is 18.4. The van der Waals surface area contributed by atoms with Crippen LogP contribution >= 0.6 is 0 Å². The molecule has 1 atom stereocenters. The molecule has 2 aliphatic rings. The minimum atomic E-state index is -3.09. The Hall–Kier alpha value is -2.95. The maximum Gasteiger partial charge on any atom is 0.414 e. The molecule has 1 aromatic heterocycles. The first-order valence-corrected chi connectivity index (χ1v) is 10.4. The van der Waals surface area contributed by atoms with Gasteiger partial charge in [0.25, 0.3) is 5.88 Å². The van der Waals surface area contributed by atoms with Gasteiger partial charge in [-0.05, 0) is 30.2 Å². The molecule has 1 amide bonds. The van der Waals surface area contributed by atoms with Gasteiger partial charge in [0.05, 0.1) is 36.5 Å². The number of sulfone groups is 1. The second kappa shape index (κ2) is 6.89. The van der Waals surface area contributed by atoms with Crippen molar-refractivity contribution in [3.05, 3.63) is 41.9 Å². The van der Waals surface area contributed by atoms with Crippen molar-refractivity contribution in [2.45, 2.75) is 19.1 Å². The number of anilines is 1.